The van der Waals surface area contributed by atoms with Crippen molar-refractivity contribution < 1.29 is 4.42 Å². The van der Waals surface area contributed by atoms with Crippen LogP contribution in [-0.2, 0) is 11.8 Å². The zero-order chi connectivity index (χ0) is 13.7. The Morgan fingerprint density at radius 1 is 1.15 bits per heavy atom. The summed E-state index contributed by atoms with van der Waals surface area (Å²) in [5.41, 5.74) is 7.23. The average molecular weight is 274 g/mol. The Morgan fingerprint density at radius 3 is 2.30 bits per heavy atom. The Hall–Kier alpha value is -0.830. The normalized spacial score (nSPS) is 38.6. The molecule has 0 unspecified atom stereocenters. The third kappa shape index (κ3) is 1.93. The first kappa shape index (κ1) is 12.9. The van der Waals surface area contributed by atoms with Crippen LogP contribution in [0.4, 0.5) is 0 Å². The van der Waals surface area contributed by atoms with Gasteiger partial charge in [0.25, 0.3) is 0 Å². The van der Waals surface area contributed by atoms with E-state index < -0.39 is 0 Å². The van der Waals surface area contributed by atoms with E-state index in [9.17, 15) is 0 Å². The van der Waals surface area contributed by atoms with Gasteiger partial charge in [0.2, 0.25) is 0 Å². The van der Waals surface area contributed by atoms with Crippen molar-refractivity contribution in [2.24, 2.45) is 23.5 Å². The average Bonchev–Trinajstić information content (AvgIpc) is 2.77. The molecule has 1 aromatic rings. The van der Waals surface area contributed by atoms with Crippen LogP contribution < -0.4 is 5.73 Å². The van der Waals surface area contributed by atoms with Gasteiger partial charge in [0.05, 0.1) is 5.69 Å². The second-order valence-corrected chi connectivity index (χ2v) is 7.60. The molecule has 1 heterocycles. The highest BCUT2D eigenvalue weighted by Crippen LogP contribution is 2.61. The fraction of sp³-hybridized carbons (Fsp3) is 0.824. The van der Waals surface area contributed by atoms with Crippen molar-refractivity contribution in [3.63, 3.8) is 0 Å². The topological polar surface area (TPSA) is 52.0 Å². The van der Waals surface area contributed by atoms with Crippen LogP contribution >= 0.6 is 0 Å². The van der Waals surface area contributed by atoms with E-state index in [2.05, 4.69) is 4.98 Å². The number of oxazole rings is 1. The van der Waals surface area contributed by atoms with Crippen LogP contribution in [0.3, 0.4) is 0 Å². The van der Waals surface area contributed by atoms with Crippen LogP contribution in [0.15, 0.2) is 4.42 Å². The highest BCUT2D eigenvalue weighted by atomic mass is 16.4. The molecule has 0 aliphatic heterocycles. The quantitative estimate of drug-likeness (QED) is 0.916. The summed E-state index contributed by atoms with van der Waals surface area (Å²) in [5, 5.41) is 0. The summed E-state index contributed by atoms with van der Waals surface area (Å²) in [6, 6.07) is 0. The summed E-state index contributed by atoms with van der Waals surface area (Å²) in [6.45, 7) is 2.74. The number of hydrogen-bond donors (Lipinski definition) is 1. The SMILES string of the molecule is Cc1nc(CCCN)c(C23CC4CC(CC(C4)C2)C3)o1. The predicted octanol–water partition coefficient (Wildman–Crippen LogP) is 3.34. The maximum Gasteiger partial charge on any atom is 0.191 e. The molecular weight excluding hydrogens is 248 g/mol. The Balaban J connectivity index is 1.69. The Kier molecular flexibility index (Phi) is 2.95. The van der Waals surface area contributed by atoms with Gasteiger partial charge in [-0.05, 0) is 75.7 Å². The molecule has 0 saturated heterocycles. The number of rotatable bonds is 4. The van der Waals surface area contributed by atoms with Crippen molar-refractivity contribution in [2.75, 3.05) is 6.54 Å². The van der Waals surface area contributed by atoms with Crippen LogP contribution in [-0.4, -0.2) is 11.5 Å². The van der Waals surface area contributed by atoms with Gasteiger partial charge in [0.15, 0.2) is 5.89 Å². The van der Waals surface area contributed by atoms with Gasteiger partial charge in [0.1, 0.15) is 5.76 Å². The van der Waals surface area contributed by atoms with E-state index in [-0.39, 0.29) is 0 Å². The first-order valence-corrected chi connectivity index (χ1v) is 8.35. The van der Waals surface area contributed by atoms with E-state index in [4.69, 9.17) is 10.2 Å². The van der Waals surface area contributed by atoms with Crippen LogP contribution in [0.25, 0.3) is 0 Å². The minimum atomic E-state index is 0.333. The van der Waals surface area contributed by atoms with Gasteiger partial charge in [-0.3, -0.25) is 0 Å². The van der Waals surface area contributed by atoms with Gasteiger partial charge in [-0.1, -0.05) is 0 Å². The van der Waals surface area contributed by atoms with E-state index in [1.165, 1.54) is 50.0 Å². The molecule has 0 atom stereocenters. The van der Waals surface area contributed by atoms with Crippen LogP contribution in [0, 0.1) is 24.7 Å². The zero-order valence-corrected chi connectivity index (χ0v) is 12.5. The lowest BCUT2D eigenvalue weighted by atomic mass is 9.49. The predicted molar refractivity (Wildman–Crippen MR) is 78.5 cm³/mol. The molecule has 0 aromatic carbocycles. The third-order valence-electron chi connectivity index (χ3n) is 5.94. The molecule has 20 heavy (non-hydrogen) atoms. The molecule has 5 rings (SSSR count). The first-order valence-electron chi connectivity index (χ1n) is 8.35. The maximum absolute atomic E-state index is 6.14. The molecule has 2 N–H and O–H groups in total. The smallest absolute Gasteiger partial charge is 0.191 e. The van der Waals surface area contributed by atoms with Crippen molar-refractivity contribution in [1.29, 1.82) is 0 Å². The fourth-order valence-electron chi connectivity index (χ4n) is 5.71. The lowest BCUT2D eigenvalue weighted by Gasteiger charge is -2.56. The molecule has 4 bridgehead atoms. The largest absolute Gasteiger partial charge is 0.445 e. The van der Waals surface area contributed by atoms with Gasteiger partial charge in [-0.25, -0.2) is 4.98 Å². The highest BCUT2D eigenvalue weighted by Gasteiger charge is 2.54. The lowest BCUT2D eigenvalue weighted by molar-refractivity contribution is -0.0159. The maximum atomic E-state index is 6.14. The summed E-state index contributed by atoms with van der Waals surface area (Å²) in [7, 11) is 0. The highest BCUT2D eigenvalue weighted by molar-refractivity contribution is 5.26. The first-order chi connectivity index (χ1) is 9.68. The molecule has 3 nitrogen and oxygen atoms in total. The number of aryl methyl sites for hydroxylation is 2. The summed E-state index contributed by atoms with van der Waals surface area (Å²) in [5.74, 6) is 4.96. The van der Waals surface area contributed by atoms with Gasteiger partial charge >= 0.3 is 0 Å². The Labute approximate surface area is 121 Å². The van der Waals surface area contributed by atoms with Crippen molar-refractivity contribution in [2.45, 2.75) is 63.7 Å². The summed E-state index contributed by atoms with van der Waals surface area (Å²) < 4.78 is 6.14. The van der Waals surface area contributed by atoms with E-state index >= 15 is 0 Å². The number of nitrogens with zero attached hydrogens (tertiary/aromatic N) is 1. The molecule has 110 valence electrons. The Bertz CT molecular complexity index is 470. The fourth-order valence-corrected chi connectivity index (χ4v) is 5.71. The third-order valence-corrected chi connectivity index (χ3v) is 5.94. The zero-order valence-electron chi connectivity index (χ0n) is 12.5. The molecule has 4 aliphatic carbocycles. The Morgan fingerprint density at radius 2 is 1.75 bits per heavy atom. The second-order valence-electron chi connectivity index (χ2n) is 7.60. The second kappa shape index (κ2) is 4.59. The molecule has 3 heteroatoms. The van der Waals surface area contributed by atoms with E-state index in [1.807, 2.05) is 6.92 Å². The summed E-state index contributed by atoms with van der Waals surface area (Å²) >= 11 is 0. The van der Waals surface area contributed by atoms with Crippen molar-refractivity contribution in [3.05, 3.63) is 17.3 Å². The van der Waals surface area contributed by atoms with E-state index in [0.717, 1.165) is 43.0 Å². The summed E-state index contributed by atoms with van der Waals surface area (Å²) in [4.78, 5) is 4.68. The summed E-state index contributed by atoms with van der Waals surface area (Å²) in [6.07, 6.45) is 10.5. The van der Waals surface area contributed by atoms with Gasteiger partial charge in [-0.15, -0.1) is 0 Å². The van der Waals surface area contributed by atoms with Gasteiger partial charge in [0, 0.05) is 12.3 Å². The van der Waals surface area contributed by atoms with Crippen LogP contribution in [0.2, 0.25) is 0 Å². The molecule has 4 fully saturated rings. The minimum Gasteiger partial charge on any atom is -0.445 e. The number of hydrogen-bond acceptors (Lipinski definition) is 3. The van der Waals surface area contributed by atoms with E-state index in [1.54, 1.807) is 0 Å². The lowest BCUT2D eigenvalue weighted by Crippen LogP contribution is -2.48. The molecule has 4 saturated carbocycles. The minimum absolute atomic E-state index is 0.333. The van der Waals surface area contributed by atoms with Gasteiger partial charge in [-0.2, -0.15) is 0 Å². The van der Waals surface area contributed by atoms with Gasteiger partial charge < -0.3 is 10.2 Å². The van der Waals surface area contributed by atoms with Crippen molar-refractivity contribution in [1.82, 2.24) is 4.98 Å². The molecule has 1 aromatic heterocycles. The molecule has 0 spiro atoms. The van der Waals surface area contributed by atoms with Crippen molar-refractivity contribution >= 4 is 0 Å². The standard InChI is InChI=1S/C17H26N2O/c1-11-19-15(3-2-4-18)16(20-11)17-8-12-5-13(9-17)7-14(6-12)10-17/h12-14H,2-10,18H2,1H3. The number of nitrogens with two attached hydrogens (primary N) is 1. The molecule has 4 aliphatic rings. The van der Waals surface area contributed by atoms with E-state index in [0.29, 0.717) is 5.41 Å². The molecule has 0 radical (unpaired) electrons. The van der Waals surface area contributed by atoms with Crippen LogP contribution in [0.5, 0.6) is 0 Å². The number of aromatic nitrogens is 1. The monoisotopic (exact) mass is 274 g/mol. The van der Waals surface area contributed by atoms with Crippen molar-refractivity contribution in [3.8, 4) is 0 Å². The van der Waals surface area contributed by atoms with Crippen LogP contribution in [0.1, 0.15) is 62.3 Å². The molecular formula is C17H26N2O. The molecule has 0 amide bonds.